The molecule has 2 atom stereocenters. The summed E-state index contributed by atoms with van der Waals surface area (Å²) in [5, 5.41) is 0. The summed E-state index contributed by atoms with van der Waals surface area (Å²) in [6, 6.07) is 0.117. The molecule has 0 saturated carbocycles. The van der Waals surface area contributed by atoms with Gasteiger partial charge in [-0.05, 0) is 12.3 Å². The SMILES string of the molecule is CC1CN(S(=O)(=O)N2CCOCC2)CCC1N.Cl. The summed E-state index contributed by atoms with van der Waals surface area (Å²) in [6.07, 6.45) is 0.741. The highest BCUT2D eigenvalue weighted by molar-refractivity contribution is 7.86. The van der Waals surface area contributed by atoms with Gasteiger partial charge >= 0.3 is 0 Å². The zero-order valence-corrected chi connectivity index (χ0v) is 12.3. The minimum absolute atomic E-state index is 0. The highest BCUT2D eigenvalue weighted by Crippen LogP contribution is 2.20. The van der Waals surface area contributed by atoms with Gasteiger partial charge in [0.25, 0.3) is 10.2 Å². The van der Waals surface area contributed by atoms with Crippen LogP contribution in [0.1, 0.15) is 13.3 Å². The van der Waals surface area contributed by atoms with Crippen molar-refractivity contribution in [2.45, 2.75) is 19.4 Å². The number of rotatable bonds is 2. The maximum atomic E-state index is 12.3. The Labute approximate surface area is 115 Å². The van der Waals surface area contributed by atoms with E-state index in [4.69, 9.17) is 10.5 Å². The number of nitrogens with zero attached hydrogens (tertiary/aromatic N) is 2. The van der Waals surface area contributed by atoms with Crippen LogP contribution in [0.2, 0.25) is 0 Å². The normalized spacial score (nSPS) is 31.9. The van der Waals surface area contributed by atoms with E-state index in [-0.39, 0.29) is 24.4 Å². The summed E-state index contributed by atoms with van der Waals surface area (Å²) in [4.78, 5) is 0. The van der Waals surface area contributed by atoms with E-state index >= 15 is 0 Å². The minimum Gasteiger partial charge on any atom is -0.379 e. The molecule has 0 spiro atoms. The first kappa shape index (κ1) is 16.1. The predicted octanol–water partition coefficient (Wildman–Crippen LogP) is -0.346. The van der Waals surface area contributed by atoms with Crippen LogP contribution >= 0.6 is 12.4 Å². The fraction of sp³-hybridized carbons (Fsp3) is 1.00. The molecule has 2 aliphatic heterocycles. The lowest BCUT2D eigenvalue weighted by Crippen LogP contribution is -2.54. The number of hydrogen-bond donors (Lipinski definition) is 1. The molecular weight excluding hydrogens is 278 g/mol. The number of nitrogens with two attached hydrogens (primary N) is 1. The first-order valence-corrected chi connectivity index (χ1v) is 7.50. The molecule has 0 radical (unpaired) electrons. The average molecular weight is 300 g/mol. The Morgan fingerprint density at radius 2 is 1.78 bits per heavy atom. The summed E-state index contributed by atoms with van der Waals surface area (Å²) in [6.45, 7) is 4.96. The Hall–Kier alpha value is 0.0800. The van der Waals surface area contributed by atoms with Crippen molar-refractivity contribution in [1.29, 1.82) is 0 Å². The van der Waals surface area contributed by atoms with E-state index in [1.807, 2.05) is 6.92 Å². The largest absolute Gasteiger partial charge is 0.379 e. The van der Waals surface area contributed by atoms with Gasteiger partial charge in [0.1, 0.15) is 0 Å². The smallest absolute Gasteiger partial charge is 0.282 e. The lowest BCUT2D eigenvalue weighted by Gasteiger charge is -2.38. The second-order valence-electron chi connectivity index (χ2n) is 4.81. The van der Waals surface area contributed by atoms with E-state index in [1.54, 1.807) is 4.31 Å². The van der Waals surface area contributed by atoms with Crippen LogP contribution in [0.3, 0.4) is 0 Å². The van der Waals surface area contributed by atoms with Crippen molar-refractivity contribution < 1.29 is 13.2 Å². The number of morpholine rings is 1. The van der Waals surface area contributed by atoms with Gasteiger partial charge in [0.2, 0.25) is 0 Å². The summed E-state index contributed by atoms with van der Waals surface area (Å²) >= 11 is 0. The van der Waals surface area contributed by atoms with Crippen LogP contribution in [-0.2, 0) is 14.9 Å². The molecule has 0 aromatic rings. The van der Waals surface area contributed by atoms with Gasteiger partial charge in [-0.25, -0.2) is 0 Å². The highest BCUT2D eigenvalue weighted by atomic mass is 35.5. The van der Waals surface area contributed by atoms with Gasteiger partial charge in [0.05, 0.1) is 13.2 Å². The molecule has 2 heterocycles. The summed E-state index contributed by atoms with van der Waals surface area (Å²) in [5.41, 5.74) is 5.91. The van der Waals surface area contributed by atoms with Gasteiger partial charge in [-0.1, -0.05) is 6.92 Å². The van der Waals surface area contributed by atoms with Crippen molar-refractivity contribution in [3.05, 3.63) is 0 Å². The third-order valence-corrected chi connectivity index (χ3v) is 5.56. The van der Waals surface area contributed by atoms with Gasteiger partial charge in [-0.15, -0.1) is 12.4 Å². The standard InChI is InChI=1S/C10H21N3O3S.ClH/c1-9-8-13(3-2-10(9)11)17(14,15)12-4-6-16-7-5-12;/h9-10H,2-8,11H2,1H3;1H. The lowest BCUT2D eigenvalue weighted by atomic mass is 9.96. The van der Waals surface area contributed by atoms with Gasteiger partial charge < -0.3 is 10.5 Å². The molecule has 2 fully saturated rings. The fourth-order valence-electron chi connectivity index (χ4n) is 2.28. The maximum Gasteiger partial charge on any atom is 0.282 e. The monoisotopic (exact) mass is 299 g/mol. The van der Waals surface area contributed by atoms with Crippen molar-refractivity contribution in [2.75, 3.05) is 39.4 Å². The third-order valence-electron chi connectivity index (χ3n) is 3.56. The van der Waals surface area contributed by atoms with Gasteiger partial charge in [-0.3, -0.25) is 0 Å². The highest BCUT2D eigenvalue weighted by Gasteiger charge is 2.35. The average Bonchev–Trinajstić information content (AvgIpc) is 2.33. The van der Waals surface area contributed by atoms with E-state index in [1.165, 1.54) is 4.31 Å². The topological polar surface area (TPSA) is 75.9 Å². The molecular formula is C10H22ClN3O3S. The Balaban J connectivity index is 0.00000162. The molecule has 2 unspecified atom stereocenters. The molecule has 0 aromatic heterocycles. The van der Waals surface area contributed by atoms with Crippen LogP contribution in [0.25, 0.3) is 0 Å². The van der Waals surface area contributed by atoms with Crippen molar-refractivity contribution in [3.8, 4) is 0 Å². The van der Waals surface area contributed by atoms with E-state index in [2.05, 4.69) is 0 Å². The van der Waals surface area contributed by atoms with Gasteiger partial charge in [0.15, 0.2) is 0 Å². The summed E-state index contributed by atoms with van der Waals surface area (Å²) in [7, 11) is -3.31. The van der Waals surface area contributed by atoms with E-state index in [0.29, 0.717) is 39.4 Å². The Kier molecular flexibility index (Phi) is 5.82. The van der Waals surface area contributed by atoms with Crippen molar-refractivity contribution in [2.24, 2.45) is 11.7 Å². The van der Waals surface area contributed by atoms with Crippen LogP contribution in [-0.4, -0.2) is 62.5 Å². The number of piperidine rings is 1. The molecule has 2 saturated heterocycles. The molecule has 2 aliphatic rings. The van der Waals surface area contributed by atoms with Crippen LogP contribution in [0, 0.1) is 5.92 Å². The molecule has 0 aromatic carbocycles. The zero-order chi connectivity index (χ0) is 12.5. The first-order chi connectivity index (χ1) is 8.01. The van der Waals surface area contributed by atoms with Crippen LogP contribution < -0.4 is 5.73 Å². The number of halogens is 1. The van der Waals surface area contributed by atoms with E-state index < -0.39 is 10.2 Å². The van der Waals surface area contributed by atoms with Crippen LogP contribution in [0.4, 0.5) is 0 Å². The molecule has 0 amide bonds. The molecule has 0 aliphatic carbocycles. The second-order valence-corrected chi connectivity index (χ2v) is 6.74. The van der Waals surface area contributed by atoms with Crippen molar-refractivity contribution in [3.63, 3.8) is 0 Å². The molecule has 6 nitrogen and oxygen atoms in total. The van der Waals surface area contributed by atoms with Gasteiger partial charge in [0, 0.05) is 32.2 Å². The molecule has 2 rings (SSSR count). The van der Waals surface area contributed by atoms with E-state index in [9.17, 15) is 8.42 Å². The fourth-order valence-corrected chi connectivity index (χ4v) is 3.97. The lowest BCUT2D eigenvalue weighted by molar-refractivity contribution is 0.0689. The quantitative estimate of drug-likeness (QED) is 0.756. The molecule has 0 bridgehead atoms. The third kappa shape index (κ3) is 3.34. The van der Waals surface area contributed by atoms with Gasteiger partial charge in [-0.2, -0.15) is 17.0 Å². The summed E-state index contributed by atoms with van der Waals surface area (Å²) < 4.78 is 32.9. The number of hydrogen-bond acceptors (Lipinski definition) is 4. The van der Waals surface area contributed by atoms with Crippen LogP contribution in [0.15, 0.2) is 0 Å². The molecule has 8 heteroatoms. The summed E-state index contributed by atoms with van der Waals surface area (Å²) in [5.74, 6) is 0.222. The number of ether oxygens (including phenoxy) is 1. The zero-order valence-electron chi connectivity index (χ0n) is 10.6. The molecule has 108 valence electrons. The predicted molar refractivity (Wildman–Crippen MR) is 71.9 cm³/mol. The van der Waals surface area contributed by atoms with Crippen molar-refractivity contribution in [1.82, 2.24) is 8.61 Å². The maximum absolute atomic E-state index is 12.3. The Morgan fingerprint density at radius 3 is 2.33 bits per heavy atom. The molecule has 18 heavy (non-hydrogen) atoms. The van der Waals surface area contributed by atoms with Crippen LogP contribution in [0.5, 0.6) is 0 Å². The van der Waals surface area contributed by atoms with Crippen molar-refractivity contribution >= 4 is 22.6 Å². The first-order valence-electron chi connectivity index (χ1n) is 6.10. The Morgan fingerprint density at radius 1 is 1.17 bits per heavy atom. The second kappa shape index (κ2) is 6.49. The molecule has 2 N–H and O–H groups in total. The minimum atomic E-state index is -3.31. The van der Waals surface area contributed by atoms with E-state index in [0.717, 1.165) is 6.42 Å². The Bertz CT molecular complexity index is 359.